The third kappa shape index (κ3) is 2.59. The number of nitrogens with zero attached hydrogens (tertiary/aromatic N) is 3. The highest BCUT2D eigenvalue weighted by Gasteiger charge is 2.50. The number of amides is 1. The van der Waals surface area contributed by atoms with Crippen molar-refractivity contribution in [1.82, 2.24) is 15.3 Å². The molecule has 2 aromatic rings. The summed E-state index contributed by atoms with van der Waals surface area (Å²) in [7, 11) is 1.34. The minimum atomic E-state index is -1.51. The number of aliphatic carboxylic acids is 1. The molecule has 1 amide bonds. The van der Waals surface area contributed by atoms with Gasteiger partial charge in [0.1, 0.15) is 11.2 Å². The monoisotopic (exact) mass is 330 g/mol. The van der Waals surface area contributed by atoms with E-state index in [1.165, 1.54) is 13.3 Å². The molecule has 1 saturated heterocycles. The Balaban J connectivity index is 2.07. The van der Waals surface area contributed by atoms with E-state index in [1.807, 2.05) is 0 Å². The topological polar surface area (TPSA) is 105 Å². The van der Waals surface area contributed by atoms with Crippen molar-refractivity contribution in [1.29, 1.82) is 0 Å². The lowest BCUT2D eigenvalue weighted by Crippen LogP contribution is -2.53. The van der Waals surface area contributed by atoms with Crippen molar-refractivity contribution in [3.8, 4) is 0 Å². The Morgan fingerprint density at radius 1 is 1.25 bits per heavy atom. The lowest BCUT2D eigenvalue weighted by Gasteiger charge is -2.35. The van der Waals surface area contributed by atoms with E-state index >= 15 is 0 Å². The van der Waals surface area contributed by atoms with E-state index in [1.54, 1.807) is 24.4 Å². The minimum Gasteiger partial charge on any atom is -0.480 e. The molecule has 1 aliphatic rings. The second-order valence-electron chi connectivity index (χ2n) is 5.62. The van der Waals surface area contributed by atoms with Crippen LogP contribution in [0.1, 0.15) is 12.8 Å². The van der Waals surface area contributed by atoms with Gasteiger partial charge in [-0.25, -0.2) is 0 Å². The van der Waals surface area contributed by atoms with Crippen LogP contribution in [0, 0.1) is 5.41 Å². The fourth-order valence-electron chi connectivity index (χ4n) is 2.99. The summed E-state index contributed by atoms with van der Waals surface area (Å²) < 4.78 is 0. The molecule has 0 unspecified atom stereocenters. The van der Waals surface area contributed by atoms with Crippen LogP contribution < -0.4 is 10.4 Å². The summed E-state index contributed by atoms with van der Waals surface area (Å²) in [5.74, 6) is -1.74. The summed E-state index contributed by atoms with van der Waals surface area (Å²) in [4.78, 5) is 38.7. The molecule has 2 aromatic heterocycles. The highest BCUT2D eigenvalue weighted by atomic mass is 16.7. The smallest absolute Gasteiger partial charge is 0.319 e. The number of hydroxylamine groups is 1. The van der Waals surface area contributed by atoms with Crippen LogP contribution in [0.15, 0.2) is 30.6 Å². The molecular weight excluding hydrogens is 312 g/mol. The second kappa shape index (κ2) is 6.50. The molecule has 0 spiro atoms. The van der Waals surface area contributed by atoms with Crippen LogP contribution in [0.5, 0.6) is 0 Å². The third-order valence-electron chi connectivity index (χ3n) is 4.34. The van der Waals surface area contributed by atoms with Gasteiger partial charge in [-0.2, -0.15) is 5.06 Å². The Morgan fingerprint density at radius 3 is 2.67 bits per heavy atom. The number of hydrogen-bond acceptors (Lipinski definition) is 6. The number of nitrogens with one attached hydrogen (secondary N) is 1. The average Bonchev–Trinajstić information content (AvgIpc) is 2.63. The van der Waals surface area contributed by atoms with Crippen LogP contribution in [0.2, 0.25) is 0 Å². The van der Waals surface area contributed by atoms with Gasteiger partial charge in [0, 0.05) is 12.4 Å². The molecule has 8 nitrogen and oxygen atoms in total. The Bertz CT molecular complexity index is 768. The number of carbonyl (C=O) groups is 2. The summed E-state index contributed by atoms with van der Waals surface area (Å²) in [6, 6.07) is 5.10. The number of fused-ring (bicyclic) bond motifs is 1. The summed E-state index contributed by atoms with van der Waals surface area (Å²) in [6.45, 7) is 0.926. The molecule has 3 rings (SSSR count). The molecule has 0 bridgehead atoms. The van der Waals surface area contributed by atoms with Gasteiger partial charge in [0.05, 0.1) is 12.6 Å². The maximum atomic E-state index is 13.1. The molecule has 2 N–H and O–H groups in total. The molecule has 24 heavy (non-hydrogen) atoms. The first-order chi connectivity index (χ1) is 11.6. The first kappa shape index (κ1) is 16.3. The van der Waals surface area contributed by atoms with Gasteiger partial charge in [-0.1, -0.05) is 0 Å². The van der Waals surface area contributed by atoms with E-state index in [-0.39, 0.29) is 12.8 Å². The predicted molar refractivity (Wildman–Crippen MR) is 86.2 cm³/mol. The van der Waals surface area contributed by atoms with Crippen molar-refractivity contribution < 1.29 is 19.5 Å². The molecule has 3 heterocycles. The maximum absolute atomic E-state index is 13.1. The van der Waals surface area contributed by atoms with E-state index < -0.39 is 17.3 Å². The van der Waals surface area contributed by atoms with Gasteiger partial charge in [-0.15, -0.1) is 0 Å². The quantitative estimate of drug-likeness (QED) is 0.636. The van der Waals surface area contributed by atoms with Crippen LogP contribution in [-0.4, -0.2) is 47.2 Å². The number of carboxylic acids is 1. The van der Waals surface area contributed by atoms with Gasteiger partial charge in [0.25, 0.3) is 5.91 Å². The molecule has 0 saturated carbocycles. The minimum absolute atomic E-state index is 0.206. The van der Waals surface area contributed by atoms with Crippen molar-refractivity contribution >= 4 is 28.6 Å². The van der Waals surface area contributed by atoms with Crippen molar-refractivity contribution in [2.45, 2.75) is 12.8 Å². The normalized spacial score (nSPS) is 16.7. The number of hydrogen-bond donors (Lipinski definition) is 2. The number of pyridine rings is 2. The maximum Gasteiger partial charge on any atom is 0.319 e. The van der Waals surface area contributed by atoms with E-state index in [0.717, 1.165) is 5.06 Å². The van der Waals surface area contributed by atoms with E-state index in [4.69, 9.17) is 4.84 Å². The van der Waals surface area contributed by atoms with Gasteiger partial charge in [-0.05, 0) is 44.1 Å². The molecule has 1 fully saturated rings. The van der Waals surface area contributed by atoms with Gasteiger partial charge < -0.3 is 10.4 Å². The van der Waals surface area contributed by atoms with E-state index in [2.05, 4.69) is 15.3 Å². The zero-order valence-electron chi connectivity index (χ0n) is 13.2. The molecule has 0 radical (unpaired) electrons. The fraction of sp³-hybridized carbons (Fsp3) is 0.375. The van der Waals surface area contributed by atoms with Crippen LogP contribution in [0.25, 0.3) is 11.0 Å². The fourth-order valence-corrected chi connectivity index (χ4v) is 2.99. The SMILES string of the molecule is CON(C(=O)C1(C(=O)O)CCNCC1)c1ccnc2cccnc12. The number of rotatable bonds is 4. The predicted octanol–water partition coefficient (Wildman–Crippen LogP) is 0.979. The van der Waals surface area contributed by atoms with Crippen molar-refractivity contribution in [3.05, 3.63) is 30.6 Å². The first-order valence-electron chi connectivity index (χ1n) is 7.63. The summed E-state index contributed by atoms with van der Waals surface area (Å²) >= 11 is 0. The van der Waals surface area contributed by atoms with Crippen molar-refractivity contribution in [2.24, 2.45) is 5.41 Å². The molecule has 0 atom stereocenters. The molecule has 0 aromatic carbocycles. The van der Waals surface area contributed by atoms with Gasteiger partial charge in [-0.3, -0.25) is 24.4 Å². The van der Waals surface area contributed by atoms with E-state index in [0.29, 0.717) is 29.8 Å². The number of anilines is 1. The second-order valence-corrected chi connectivity index (χ2v) is 5.62. The zero-order valence-corrected chi connectivity index (χ0v) is 13.2. The van der Waals surface area contributed by atoms with Gasteiger partial charge >= 0.3 is 5.97 Å². The van der Waals surface area contributed by atoms with Gasteiger partial charge in [0.15, 0.2) is 5.41 Å². The Kier molecular flexibility index (Phi) is 4.41. The molecule has 8 heteroatoms. The van der Waals surface area contributed by atoms with Crippen molar-refractivity contribution in [2.75, 3.05) is 25.3 Å². The molecule has 0 aliphatic carbocycles. The zero-order chi connectivity index (χ0) is 17.2. The Labute approximate surface area is 138 Å². The Hall–Kier alpha value is -2.58. The van der Waals surface area contributed by atoms with Gasteiger partial charge in [0.2, 0.25) is 0 Å². The van der Waals surface area contributed by atoms with Crippen molar-refractivity contribution in [3.63, 3.8) is 0 Å². The summed E-state index contributed by atoms with van der Waals surface area (Å²) in [6.07, 6.45) is 3.53. The average molecular weight is 330 g/mol. The molecule has 126 valence electrons. The van der Waals surface area contributed by atoms with Crippen LogP contribution in [0.4, 0.5) is 5.69 Å². The first-order valence-corrected chi connectivity index (χ1v) is 7.63. The highest BCUT2D eigenvalue weighted by molar-refractivity contribution is 6.11. The third-order valence-corrected chi connectivity index (χ3v) is 4.34. The summed E-state index contributed by atoms with van der Waals surface area (Å²) in [5.41, 5.74) is -0.0532. The number of piperidine rings is 1. The Morgan fingerprint density at radius 2 is 2.00 bits per heavy atom. The molecule has 1 aliphatic heterocycles. The lowest BCUT2D eigenvalue weighted by molar-refractivity contribution is -0.159. The summed E-state index contributed by atoms with van der Waals surface area (Å²) in [5, 5.41) is 13.8. The standard InChI is InChI=1S/C16H18N4O4/c1-24-20(12-4-8-18-11-3-2-7-19-13(11)12)14(21)16(15(22)23)5-9-17-10-6-16/h2-4,7-8,17H,5-6,9-10H2,1H3,(H,22,23). The van der Waals surface area contributed by atoms with Crippen LogP contribution >= 0.6 is 0 Å². The number of aromatic nitrogens is 2. The number of carboxylic acid groups (broad SMARTS) is 1. The largest absolute Gasteiger partial charge is 0.480 e. The lowest BCUT2D eigenvalue weighted by atomic mass is 9.78. The van der Waals surface area contributed by atoms with E-state index in [9.17, 15) is 14.7 Å². The van der Waals surface area contributed by atoms with Crippen LogP contribution in [-0.2, 0) is 14.4 Å². The number of carbonyl (C=O) groups excluding carboxylic acids is 1. The highest BCUT2D eigenvalue weighted by Crippen LogP contribution is 2.35. The molecular formula is C16H18N4O4. The van der Waals surface area contributed by atoms with Crippen LogP contribution in [0.3, 0.4) is 0 Å².